The first kappa shape index (κ1) is 16.2. The Kier molecular flexibility index (Phi) is 5.05. The predicted octanol–water partition coefficient (Wildman–Crippen LogP) is 5.30. The van der Waals surface area contributed by atoms with Gasteiger partial charge in [-0.2, -0.15) is 0 Å². The second-order valence-electron chi connectivity index (χ2n) is 5.96. The van der Waals surface area contributed by atoms with E-state index in [2.05, 4.69) is 84.9 Å². The summed E-state index contributed by atoms with van der Waals surface area (Å²) in [6.07, 6.45) is 1.96. The molecule has 1 unspecified atom stereocenters. The van der Waals surface area contributed by atoms with Crippen molar-refractivity contribution in [3.05, 3.63) is 84.9 Å². The maximum atomic E-state index is 5.90. The number of ether oxygens (including phenoxy) is 2. The summed E-state index contributed by atoms with van der Waals surface area (Å²) in [6, 6.07) is 29.8. The molecule has 0 saturated carbocycles. The number of hydrogen-bond donors (Lipinski definition) is 0. The SMILES string of the molecule is c1ccc([S+](c2ccccc2)c2ccc(OC3CCCO3)cc2)cc1. The molecule has 126 valence electrons. The Morgan fingerprint density at radius 3 is 1.80 bits per heavy atom. The van der Waals surface area contributed by atoms with Gasteiger partial charge in [0.25, 0.3) is 0 Å². The standard InChI is InChI=1S/C22H21O2S/c1-3-8-19(9-4-1)25(20-10-5-2-6-11-20)21-15-13-18(14-16-21)24-22-12-7-17-23-22/h1-6,8-11,13-16,22H,7,12,17H2/q+1. The van der Waals surface area contributed by atoms with Gasteiger partial charge in [0.05, 0.1) is 17.5 Å². The molecule has 3 aromatic carbocycles. The molecule has 0 aromatic heterocycles. The lowest BCUT2D eigenvalue weighted by atomic mass is 10.3. The fraction of sp³-hybridized carbons (Fsp3) is 0.182. The molecule has 0 amide bonds. The lowest BCUT2D eigenvalue weighted by Gasteiger charge is -2.13. The highest BCUT2D eigenvalue weighted by Gasteiger charge is 2.28. The van der Waals surface area contributed by atoms with Crippen LogP contribution in [0, 0.1) is 0 Å². The minimum Gasteiger partial charge on any atom is -0.465 e. The number of benzene rings is 3. The largest absolute Gasteiger partial charge is 0.465 e. The van der Waals surface area contributed by atoms with Crippen molar-refractivity contribution in [2.45, 2.75) is 33.8 Å². The van der Waals surface area contributed by atoms with Gasteiger partial charge in [0, 0.05) is 6.42 Å². The van der Waals surface area contributed by atoms with Crippen molar-refractivity contribution < 1.29 is 9.47 Å². The van der Waals surface area contributed by atoms with Crippen LogP contribution < -0.4 is 4.74 Å². The summed E-state index contributed by atoms with van der Waals surface area (Å²) in [6.45, 7) is 0.800. The summed E-state index contributed by atoms with van der Waals surface area (Å²) in [4.78, 5) is 3.93. The van der Waals surface area contributed by atoms with Crippen LogP contribution in [0.2, 0.25) is 0 Å². The Balaban J connectivity index is 1.63. The van der Waals surface area contributed by atoms with Crippen LogP contribution in [-0.4, -0.2) is 12.9 Å². The van der Waals surface area contributed by atoms with Crippen LogP contribution in [0.25, 0.3) is 0 Å². The minimum atomic E-state index is -0.114. The molecule has 3 heteroatoms. The van der Waals surface area contributed by atoms with E-state index in [0.717, 1.165) is 25.2 Å². The maximum absolute atomic E-state index is 5.90. The molecule has 1 heterocycles. The average Bonchev–Trinajstić information content (AvgIpc) is 3.18. The predicted molar refractivity (Wildman–Crippen MR) is 101 cm³/mol. The fourth-order valence-electron chi connectivity index (χ4n) is 2.97. The van der Waals surface area contributed by atoms with Gasteiger partial charge in [0.15, 0.2) is 21.0 Å². The van der Waals surface area contributed by atoms with Crippen LogP contribution in [0.5, 0.6) is 5.75 Å². The maximum Gasteiger partial charge on any atom is 0.199 e. The third kappa shape index (κ3) is 3.89. The van der Waals surface area contributed by atoms with Crippen molar-refractivity contribution in [2.24, 2.45) is 0 Å². The second kappa shape index (κ2) is 7.77. The molecule has 25 heavy (non-hydrogen) atoms. The van der Waals surface area contributed by atoms with Crippen molar-refractivity contribution in [2.75, 3.05) is 6.61 Å². The van der Waals surface area contributed by atoms with Gasteiger partial charge in [-0.1, -0.05) is 36.4 Å². The minimum absolute atomic E-state index is 0.0904. The zero-order chi connectivity index (χ0) is 16.9. The van der Waals surface area contributed by atoms with Crippen LogP contribution in [-0.2, 0) is 15.6 Å². The molecule has 1 aliphatic rings. The Morgan fingerprint density at radius 1 is 0.720 bits per heavy atom. The van der Waals surface area contributed by atoms with E-state index in [1.165, 1.54) is 14.7 Å². The highest BCUT2D eigenvalue weighted by atomic mass is 32.2. The Morgan fingerprint density at radius 2 is 1.28 bits per heavy atom. The first-order valence-electron chi connectivity index (χ1n) is 8.63. The van der Waals surface area contributed by atoms with E-state index in [1.54, 1.807) is 0 Å². The highest BCUT2D eigenvalue weighted by molar-refractivity contribution is 7.97. The van der Waals surface area contributed by atoms with E-state index in [-0.39, 0.29) is 17.2 Å². The third-order valence-corrected chi connectivity index (χ3v) is 6.40. The smallest absolute Gasteiger partial charge is 0.199 e. The molecule has 2 nitrogen and oxygen atoms in total. The van der Waals surface area contributed by atoms with E-state index in [0.29, 0.717) is 0 Å². The van der Waals surface area contributed by atoms with Gasteiger partial charge in [0.2, 0.25) is 0 Å². The van der Waals surface area contributed by atoms with Crippen LogP contribution in [0.1, 0.15) is 12.8 Å². The number of rotatable bonds is 5. The molecule has 0 bridgehead atoms. The summed E-state index contributed by atoms with van der Waals surface area (Å²) < 4.78 is 11.5. The van der Waals surface area contributed by atoms with E-state index in [9.17, 15) is 0 Å². The summed E-state index contributed by atoms with van der Waals surface area (Å²) in [5, 5.41) is 0. The zero-order valence-corrected chi connectivity index (χ0v) is 14.8. The van der Waals surface area contributed by atoms with Gasteiger partial charge in [-0.15, -0.1) is 0 Å². The molecule has 0 radical (unpaired) electrons. The van der Waals surface area contributed by atoms with Gasteiger partial charge < -0.3 is 9.47 Å². The first-order chi connectivity index (χ1) is 12.4. The first-order valence-corrected chi connectivity index (χ1v) is 9.85. The van der Waals surface area contributed by atoms with E-state index in [1.807, 2.05) is 0 Å². The number of hydrogen-bond acceptors (Lipinski definition) is 2. The molecule has 1 fully saturated rings. The van der Waals surface area contributed by atoms with Crippen LogP contribution >= 0.6 is 0 Å². The van der Waals surface area contributed by atoms with Gasteiger partial charge in [0.1, 0.15) is 5.75 Å². The molecule has 0 spiro atoms. The third-order valence-electron chi connectivity index (χ3n) is 4.17. The lowest BCUT2D eigenvalue weighted by molar-refractivity contribution is -0.0390. The summed E-state index contributed by atoms with van der Waals surface area (Å²) in [5.41, 5.74) is 0. The Hall–Kier alpha value is -2.23. The van der Waals surface area contributed by atoms with Crippen LogP contribution in [0.15, 0.2) is 99.6 Å². The van der Waals surface area contributed by atoms with Gasteiger partial charge >= 0.3 is 0 Å². The monoisotopic (exact) mass is 349 g/mol. The Bertz CT molecular complexity index is 742. The molecule has 0 aliphatic carbocycles. The molecule has 4 rings (SSSR count). The Labute approximate surface area is 151 Å². The van der Waals surface area contributed by atoms with Gasteiger partial charge in [-0.3, -0.25) is 0 Å². The molecule has 1 saturated heterocycles. The molecular weight excluding hydrogens is 328 g/mol. The van der Waals surface area contributed by atoms with E-state index in [4.69, 9.17) is 9.47 Å². The van der Waals surface area contributed by atoms with Crippen LogP contribution in [0.4, 0.5) is 0 Å². The van der Waals surface area contributed by atoms with Crippen LogP contribution in [0.3, 0.4) is 0 Å². The van der Waals surface area contributed by atoms with Crippen molar-refractivity contribution in [1.29, 1.82) is 0 Å². The summed E-state index contributed by atoms with van der Waals surface area (Å²) in [7, 11) is -0.114. The summed E-state index contributed by atoms with van der Waals surface area (Å²) >= 11 is 0. The van der Waals surface area contributed by atoms with E-state index < -0.39 is 0 Å². The molecule has 1 aliphatic heterocycles. The van der Waals surface area contributed by atoms with E-state index >= 15 is 0 Å². The molecule has 1 atom stereocenters. The molecule has 3 aromatic rings. The van der Waals surface area contributed by atoms with Crippen molar-refractivity contribution >= 4 is 10.9 Å². The van der Waals surface area contributed by atoms with Gasteiger partial charge in [-0.05, 0) is 55.0 Å². The molecule has 0 N–H and O–H groups in total. The summed E-state index contributed by atoms with van der Waals surface area (Å²) in [5.74, 6) is 0.875. The topological polar surface area (TPSA) is 18.5 Å². The molecular formula is C22H21O2S+. The lowest BCUT2D eigenvalue weighted by Crippen LogP contribution is -2.13. The quantitative estimate of drug-likeness (QED) is 0.582. The second-order valence-corrected chi connectivity index (χ2v) is 7.99. The van der Waals surface area contributed by atoms with Crippen molar-refractivity contribution in [1.82, 2.24) is 0 Å². The highest BCUT2D eigenvalue weighted by Crippen LogP contribution is 2.32. The van der Waals surface area contributed by atoms with Gasteiger partial charge in [-0.25, -0.2) is 0 Å². The van der Waals surface area contributed by atoms with Crippen molar-refractivity contribution in [3.8, 4) is 5.75 Å². The van der Waals surface area contributed by atoms with Crippen molar-refractivity contribution in [3.63, 3.8) is 0 Å². The fourth-order valence-corrected chi connectivity index (χ4v) is 5.05. The average molecular weight is 349 g/mol. The zero-order valence-electron chi connectivity index (χ0n) is 14.0. The normalized spacial score (nSPS) is 16.9.